The van der Waals surface area contributed by atoms with Gasteiger partial charge in [-0.15, -0.1) is 0 Å². The smallest absolute Gasteiger partial charge is 0.227 e. The molecule has 3 aromatic carbocycles. The Hall–Kier alpha value is -3.40. The molecular weight excluding hydrogens is 370 g/mol. The van der Waals surface area contributed by atoms with Crippen LogP contribution in [0.5, 0.6) is 0 Å². The van der Waals surface area contributed by atoms with Crippen LogP contribution in [0.3, 0.4) is 0 Å². The van der Waals surface area contributed by atoms with E-state index < -0.39 is 0 Å². The van der Waals surface area contributed by atoms with Gasteiger partial charge >= 0.3 is 0 Å². The molecule has 1 aliphatic rings. The molecule has 0 unspecified atom stereocenters. The number of hydrogen-bond donors (Lipinski definition) is 0. The summed E-state index contributed by atoms with van der Waals surface area (Å²) in [7, 11) is 0. The van der Waals surface area contributed by atoms with E-state index in [0.717, 1.165) is 35.5 Å². The standard InChI is InChI=1S/C26H25N3O/c1-19-8-7-11-22(16-19)29-18-21(17-25(29)30)26-27-23-12-5-6-13-24(23)28(26)15-14-20-9-3-2-4-10-20/h2-13,16,21H,14-15,17-18H2,1H3/t21-/m1/s1. The van der Waals surface area contributed by atoms with Crippen molar-refractivity contribution >= 4 is 22.6 Å². The summed E-state index contributed by atoms with van der Waals surface area (Å²) >= 11 is 0. The molecule has 1 atom stereocenters. The molecule has 1 saturated heterocycles. The third kappa shape index (κ3) is 3.50. The molecule has 0 saturated carbocycles. The quantitative estimate of drug-likeness (QED) is 0.471. The molecule has 1 aliphatic heterocycles. The van der Waals surface area contributed by atoms with E-state index in [9.17, 15) is 4.79 Å². The van der Waals surface area contributed by atoms with Crippen molar-refractivity contribution in [2.75, 3.05) is 11.4 Å². The summed E-state index contributed by atoms with van der Waals surface area (Å²) in [4.78, 5) is 19.8. The van der Waals surface area contributed by atoms with Gasteiger partial charge in [0, 0.05) is 31.1 Å². The van der Waals surface area contributed by atoms with Gasteiger partial charge in [-0.1, -0.05) is 54.6 Å². The van der Waals surface area contributed by atoms with Crippen LogP contribution in [0.15, 0.2) is 78.9 Å². The molecule has 0 N–H and O–H groups in total. The van der Waals surface area contributed by atoms with Crippen molar-refractivity contribution in [1.82, 2.24) is 9.55 Å². The fourth-order valence-corrected chi connectivity index (χ4v) is 4.45. The molecule has 4 aromatic rings. The number of aryl methyl sites for hydroxylation is 3. The molecule has 0 bridgehead atoms. The van der Waals surface area contributed by atoms with E-state index in [-0.39, 0.29) is 11.8 Å². The predicted molar refractivity (Wildman–Crippen MR) is 121 cm³/mol. The van der Waals surface area contributed by atoms with Crippen molar-refractivity contribution in [2.45, 2.75) is 32.2 Å². The molecule has 1 amide bonds. The first-order valence-corrected chi connectivity index (χ1v) is 10.5. The van der Waals surface area contributed by atoms with Crippen LogP contribution in [-0.4, -0.2) is 22.0 Å². The average molecular weight is 396 g/mol. The highest BCUT2D eigenvalue weighted by molar-refractivity contribution is 5.96. The Bertz CT molecular complexity index is 1200. The molecule has 1 fully saturated rings. The molecule has 5 rings (SSSR count). The van der Waals surface area contributed by atoms with Crippen molar-refractivity contribution in [3.05, 3.63) is 95.8 Å². The number of amides is 1. The normalized spacial score (nSPS) is 16.5. The highest BCUT2D eigenvalue weighted by Gasteiger charge is 2.34. The summed E-state index contributed by atoms with van der Waals surface area (Å²) < 4.78 is 2.32. The first kappa shape index (κ1) is 18.6. The van der Waals surface area contributed by atoms with Crippen molar-refractivity contribution < 1.29 is 4.79 Å². The predicted octanol–water partition coefficient (Wildman–Crippen LogP) is 5.11. The number of imidazole rings is 1. The van der Waals surface area contributed by atoms with E-state index in [4.69, 9.17) is 4.98 Å². The Balaban J connectivity index is 1.47. The van der Waals surface area contributed by atoms with Crippen LogP contribution in [-0.2, 0) is 17.8 Å². The Morgan fingerprint density at radius 1 is 0.967 bits per heavy atom. The van der Waals surface area contributed by atoms with Gasteiger partial charge in [0.25, 0.3) is 0 Å². The first-order chi connectivity index (χ1) is 14.7. The summed E-state index contributed by atoms with van der Waals surface area (Å²) in [6.07, 6.45) is 1.44. The number of carbonyl (C=O) groups is 1. The minimum absolute atomic E-state index is 0.0983. The van der Waals surface area contributed by atoms with Crippen LogP contribution < -0.4 is 4.90 Å². The van der Waals surface area contributed by atoms with Gasteiger partial charge in [0.15, 0.2) is 0 Å². The highest BCUT2D eigenvalue weighted by atomic mass is 16.2. The zero-order chi connectivity index (χ0) is 20.5. The lowest BCUT2D eigenvalue weighted by Crippen LogP contribution is -2.24. The molecule has 30 heavy (non-hydrogen) atoms. The highest BCUT2D eigenvalue weighted by Crippen LogP contribution is 2.33. The summed E-state index contributed by atoms with van der Waals surface area (Å²) in [5, 5.41) is 0. The number of rotatable bonds is 5. The number of para-hydroxylation sites is 2. The topological polar surface area (TPSA) is 38.1 Å². The third-order valence-electron chi connectivity index (χ3n) is 5.95. The van der Waals surface area contributed by atoms with Crippen molar-refractivity contribution in [2.24, 2.45) is 0 Å². The molecule has 150 valence electrons. The van der Waals surface area contributed by atoms with E-state index in [1.807, 2.05) is 29.2 Å². The Morgan fingerprint density at radius 2 is 1.77 bits per heavy atom. The number of anilines is 1. The van der Waals surface area contributed by atoms with Crippen LogP contribution in [0.1, 0.15) is 29.3 Å². The lowest BCUT2D eigenvalue weighted by Gasteiger charge is -2.18. The van der Waals surface area contributed by atoms with Gasteiger partial charge in [0.05, 0.1) is 11.0 Å². The molecule has 0 radical (unpaired) electrons. The molecule has 0 spiro atoms. The van der Waals surface area contributed by atoms with Gasteiger partial charge in [-0.05, 0) is 48.7 Å². The maximum Gasteiger partial charge on any atom is 0.227 e. The van der Waals surface area contributed by atoms with Gasteiger partial charge < -0.3 is 9.47 Å². The van der Waals surface area contributed by atoms with Crippen molar-refractivity contribution in [3.8, 4) is 0 Å². The summed E-state index contributed by atoms with van der Waals surface area (Å²) in [6.45, 7) is 3.59. The molecule has 2 heterocycles. The average Bonchev–Trinajstić information content (AvgIpc) is 3.33. The number of benzene rings is 3. The van der Waals surface area contributed by atoms with Gasteiger partial charge in [-0.25, -0.2) is 4.98 Å². The number of nitrogens with zero attached hydrogens (tertiary/aromatic N) is 3. The van der Waals surface area contributed by atoms with Gasteiger partial charge in [0.2, 0.25) is 5.91 Å². The van der Waals surface area contributed by atoms with Crippen LogP contribution in [0, 0.1) is 6.92 Å². The molecule has 0 aliphatic carbocycles. The Kier molecular flexibility index (Phi) is 4.83. The number of aromatic nitrogens is 2. The van der Waals surface area contributed by atoms with Crippen LogP contribution in [0.2, 0.25) is 0 Å². The number of hydrogen-bond acceptors (Lipinski definition) is 2. The Labute approximate surface area is 176 Å². The van der Waals surface area contributed by atoms with Gasteiger partial charge in [-0.3, -0.25) is 4.79 Å². The maximum absolute atomic E-state index is 12.9. The van der Waals surface area contributed by atoms with E-state index in [1.54, 1.807) is 0 Å². The van der Waals surface area contributed by atoms with Gasteiger partial charge in [-0.2, -0.15) is 0 Å². The summed E-state index contributed by atoms with van der Waals surface area (Å²) in [5.74, 6) is 1.30. The largest absolute Gasteiger partial charge is 0.327 e. The van der Waals surface area contributed by atoms with Crippen LogP contribution in [0.4, 0.5) is 5.69 Å². The monoisotopic (exact) mass is 395 g/mol. The molecule has 4 nitrogen and oxygen atoms in total. The Morgan fingerprint density at radius 3 is 2.60 bits per heavy atom. The third-order valence-corrected chi connectivity index (χ3v) is 5.95. The number of carbonyl (C=O) groups excluding carboxylic acids is 1. The molecule has 4 heteroatoms. The fraction of sp³-hybridized carbons (Fsp3) is 0.231. The van der Waals surface area contributed by atoms with E-state index in [0.29, 0.717) is 13.0 Å². The second-order valence-electron chi connectivity index (χ2n) is 8.09. The van der Waals surface area contributed by atoms with E-state index in [1.165, 1.54) is 11.1 Å². The summed E-state index contributed by atoms with van der Waals surface area (Å²) in [6, 6.07) is 27.0. The van der Waals surface area contributed by atoms with Crippen LogP contribution in [0.25, 0.3) is 11.0 Å². The van der Waals surface area contributed by atoms with Crippen LogP contribution >= 0.6 is 0 Å². The maximum atomic E-state index is 12.9. The SMILES string of the molecule is Cc1cccc(N2C[C@H](c3nc4ccccc4n3CCc3ccccc3)CC2=O)c1. The zero-order valence-electron chi connectivity index (χ0n) is 17.2. The molecular formula is C26H25N3O. The van der Waals surface area contributed by atoms with Gasteiger partial charge in [0.1, 0.15) is 5.82 Å². The lowest BCUT2D eigenvalue weighted by atomic mass is 10.1. The fourth-order valence-electron chi connectivity index (χ4n) is 4.45. The van der Waals surface area contributed by atoms with Crippen molar-refractivity contribution in [3.63, 3.8) is 0 Å². The van der Waals surface area contributed by atoms with Crippen molar-refractivity contribution in [1.29, 1.82) is 0 Å². The minimum Gasteiger partial charge on any atom is -0.327 e. The minimum atomic E-state index is 0.0983. The molecule has 1 aromatic heterocycles. The first-order valence-electron chi connectivity index (χ1n) is 10.5. The second kappa shape index (κ2) is 7.79. The zero-order valence-corrected chi connectivity index (χ0v) is 17.2. The van der Waals surface area contributed by atoms with E-state index >= 15 is 0 Å². The summed E-state index contributed by atoms with van der Waals surface area (Å²) in [5.41, 5.74) is 5.60. The number of fused-ring (bicyclic) bond motifs is 1. The lowest BCUT2D eigenvalue weighted by molar-refractivity contribution is -0.117. The second-order valence-corrected chi connectivity index (χ2v) is 8.09. The van der Waals surface area contributed by atoms with E-state index in [2.05, 4.69) is 66.1 Å².